The molecule has 1 aromatic carbocycles. The van der Waals surface area contributed by atoms with Crippen molar-refractivity contribution < 1.29 is 9.50 Å². The van der Waals surface area contributed by atoms with Crippen molar-refractivity contribution in [3.05, 3.63) is 59.7 Å². The van der Waals surface area contributed by atoms with E-state index >= 15 is 0 Å². The second-order valence-electron chi connectivity index (χ2n) is 7.62. The van der Waals surface area contributed by atoms with E-state index in [2.05, 4.69) is 36.3 Å². The van der Waals surface area contributed by atoms with Crippen LogP contribution < -0.4 is 0 Å². The van der Waals surface area contributed by atoms with Crippen molar-refractivity contribution in [2.75, 3.05) is 13.1 Å². The van der Waals surface area contributed by atoms with Crippen LogP contribution in [-0.4, -0.2) is 33.8 Å². The Morgan fingerprint density at radius 3 is 2.65 bits per heavy atom. The van der Waals surface area contributed by atoms with E-state index in [9.17, 15) is 9.50 Å². The molecular weight excluding hydrogens is 327 g/mol. The van der Waals surface area contributed by atoms with Crippen LogP contribution in [0.2, 0.25) is 0 Å². The summed E-state index contributed by atoms with van der Waals surface area (Å²) in [7, 11) is 0. The summed E-state index contributed by atoms with van der Waals surface area (Å²) in [5.41, 5.74) is 2.16. The lowest BCUT2D eigenvalue weighted by atomic mass is 10.1. The summed E-state index contributed by atoms with van der Waals surface area (Å²) in [6, 6.07) is 10.9. The first-order chi connectivity index (χ1) is 12.5. The summed E-state index contributed by atoms with van der Waals surface area (Å²) < 4.78 is 15.6. The van der Waals surface area contributed by atoms with Crippen molar-refractivity contribution >= 4 is 0 Å². The number of aliphatic hydroxyl groups is 1. The molecule has 2 aromatic rings. The Hall–Kier alpha value is -1.65. The molecule has 0 bridgehead atoms. The summed E-state index contributed by atoms with van der Waals surface area (Å²) in [6.45, 7) is 9.70. The van der Waals surface area contributed by atoms with Crippen LogP contribution >= 0.6 is 0 Å². The van der Waals surface area contributed by atoms with E-state index < -0.39 is 0 Å². The van der Waals surface area contributed by atoms with Crippen LogP contribution in [0.15, 0.2) is 42.6 Å². The molecule has 1 aromatic heterocycles. The molecule has 26 heavy (non-hydrogen) atoms. The Morgan fingerprint density at radius 2 is 1.96 bits per heavy atom. The van der Waals surface area contributed by atoms with E-state index in [1.54, 1.807) is 12.1 Å². The molecule has 1 heterocycles. The monoisotopic (exact) mass is 360 g/mol. The fraction of sp³-hybridized carbons (Fsp3) is 0.545. The predicted octanol–water partition coefficient (Wildman–Crippen LogP) is 4.68. The number of halogens is 1. The van der Waals surface area contributed by atoms with Crippen LogP contribution in [0.4, 0.5) is 4.39 Å². The largest absolute Gasteiger partial charge is 0.392 e. The summed E-state index contributed by atoms with van der Waals surface area (Å²) in [4.78, 5) is 2.34. The number of benzene rings is 1. The highest BCUT2D eigenvalue weighted by molar-refractivity contribution is 5.18. The average molecular weight is 361 g/mol. The molecule has 0 aliphatic rings. The number of rotatable bonds is 11. The van der Waals surface area contributed by atoms with Crippen molar-refractivity contribution in [2.24, 2.45) is 5.92 Å². The van der Waals surface area contributed by atoms with E-state index in [1.807, 2.05) is 18.3 Å². The topological polar surface area (TPSA) is 28.4 Å². The molecule has 3 nitrogen and oxygen atoms in total. The molecule has 2 rings (SSSR count). The fourth-order valence-corrected chi connectivity index (χ4v) is 3.21. The zero-order valence-corrected chi connectivity index (χ0v) is 16.4. The first-order valence-electron chi connectivity index (χ1n) is 9.76. The Kier molecular flexibility index (Phi) is 8.33. The minimum Gasteiger partial charge on any atom is -0.392 e. The summed E-state index contributed by atoms with van der Waals surface area (Å²) in [5.74, 6) is 0.442. The summed E-state index contributed by atoms with van der Waals surface area (Å²) in [6.07, 6.45) is 4.71. The normalized spacial score (nSPS) is 12.9. The van der Waals surface area contributed by atoms with Gasteiger partial charge in [-0.05, 0) is 55.1 Å². The molecule has 1 unspecified atom stereocenters. The predicted molar refractivity (Wildman–Crippen MR) is 106 cm³/mol. The molecule has 0 saturated carbocycles. The van der Waals surface area contributed by atoms with E-state index in [-0.39, 0.29) is 11.9 Å². The first-order valence-corrected chi connectivity index (χ1v) is 9.76. The van der Waals surface area contributed by atoms with Crippen LogP contribution in [0.1, 0.15) is 51.3 Å². The molecule has 0 fully saturated rings. The van der Waals surface area contributed by atoms with Gasteiger partial charge in [0.25, 0.3) is 0 Å². The number of nitrogens with zero attached hydrogens (tertiary/aromatic N) is 2. The lowest BCUT2D eigenvalue weighted by Crippen LogP contribution is -2.34. The van der Waals surface area contributed by atoms with Gasteiger partial charge in [-0.25, -0.2) is 4.39 Å². The lowest BCUT2D eigenvalue weighted by Gasteiger charge is -2.26. The van der Waals surface area contributed by atoms with Gasteiger partial charge in [-0.15, -0.1) is 0 Å². The molecule has 0 saturated heterocycles. The van der Waals surface area contributed by atoms with Gasteiger partial charge in [0.2, 0.25) is 0 Å². The molecule has 4 heteroatoms. The van der Waals surface area contributed by atoms with Gasteiger partial charge < -0.3 is 9.67 Å². The molecular formula is C22H33FN2O. The first kappa shape index (κ1) is 20.7. The Balaban J connectivity index is 2.05. The second kappa shape index (κ2) is 10.5. The van der Waals surface area contributed by atoms with Crippen LogP contribution in [0.25, 0.3) is 0 Å². The van der Waals surface area contributed by atoms with Crippen molar-refractivity contribution in [3.63, 3.8) is 0 Å². The highest BCUT2D eigenvalue weighted by Crippen LogP contribution is 2.14. The van der Waals surface area contributed by atoms with Crippen molar-refractivity contribution in [1.82, 2.24) is 9.47 Å². The standard InChI is InChI=1S/C22H33FN2O/c1-4-7-22(26)17-24(13-11-18(2)3)16-21-10-6-12-25(21)15-19-8-5-9-20(23)14-19/h5-6,8-10,12,14,18,22,26H,4,7,11,13,15-17H2,1-3H3. The average Bonchev–Trinajstić information content (AvgIpc) is 2.99. The maximum absolute atomic E-state index is 13.5. The molecule has 1 N–H and O–H groups in total. The minimum atomic E-state index is -0.279. The van der Waals surface area contributed by atoms with Crippen LogP contribution in [-0.2, 0) is 13.1 Å². The third-order valence-electron chi connectivity index (χ3n) is 4.66. The molecule has 0 amide bonds. The van der Waals surface area contributed by atoms with Gasteiger partial charge in [0.15, 0.2) is 0 Å². The summed E-state index contributed by atoms with van der Waals surface area (Å²) >= 11 is 0. The highest BCUT2D eigenvalue weighted by atomic mass is 19.1. The highest BCUT2D eigenvalue weighted by Gasteiger charge is 2.14. The molecule has 0 aliphatic carbocycles. The van der Waals surface area contributed by atoms with Crippen molar-refractivity contribution in [3.8, 4) is 0 Å². The van der Waals surface area contributed by atoms with Crippen LogP contribution in [0.5, 0.6) is 0 Å². The number of hydrogen-bond acceptors (Lipinski definition) is 2. The zero-order valence-electron chi connectivity index (χ0n) is 16.4. The molecule has 0 radical (unpaired) electrons. The van der Waals surface area contributed by atoms with Gasteiger partial charge in [0.1, 0.15) is 5.82 Å². The molecule has 144 valence electrons. The number of aliphatic hydroxyl groups excluding tert-OH is 1. The SMILES string of the molecule is CCCC(O)CN(CCC(C)C)Cc1cccn1Cc1cccc(F)c1. The maximum Gasteiger partial charge on any atom is 0.123 e. The van der Waals surface area contributed by atoms with Crippen molar-refractivity contribution in [1.29, 1.82) is 0 Å². The Bertz CT molecular complexity index is 653. The van der Waals surface area contributed by atoms with Crippen LogP contribution in [0, 0.1) is 11.7 Å². The zero-order chi connectivity index (χ0) is 18.9. The van der Waals surface area contributed by atoms with E-state index in [0.29, 0.717) is 19.0 Å². The van der Waals surface area contributed by atoms with Crippen molar-refractivity contribution in [2.45, 2.75) is 59.2 Å². The number of aromatic nitrogens is 1. The van der Waals surface area contributed by atoms with E-state index in [0.717, 1.165) is 37.9 Å². The minimum absolute atomic E-state index is 0.197. The lowest BCUT2D eigenvalue weighted by molar-refractivity contribution is 0.0969. The molecule has 0 aliphatic heterocycles. The third-order valence-corrected chi connectivity index (χ3v) is 4.66. The van der Waals surface area contributed by atoms with Gasteiger partial charge in [-0.2, -0.15) is 0 Å². The third kappa shape index (κ3) is 6.93. The Labute approximate surface area is 157 Å². The molecule has 1 atom stereocenters. The van der Waals surface area contributed by atoms with Gasteiger partial charge >= 0.3 is 0 Å². The molecule has 0 spiro atoms. The van der Waals surface area contributed by atoms with Crippen LogP contribution in [0.3, 0.4) is 0 Å². The smallest absolute Gasteiger partial charge is 0.123 e. The van der Waals surface area contributed by atoms with Gasteiger partial charge in [-0.1, -0.05) is 39.3 Å². The quantitative estimate of drug-likeness (QED) is 0.630. The Morgan fingerprint density at radius 1 is 1.15 bits per heavy atom. The summed E-state index contributed by atoms with van der Waals surface area (Å²) in [5, 5.41) is 10.3. The van der Waals surface area contributed by atoms with Gasteiger partial charge in [0.05, 0.1) is 6.10 Å². The van der Waals surface area contributed by atoms with Gasteiger partial charge in [0, 0.05) is 31.5 Å². The van der Waals surface area contributed by atoms with Gasteiger partial charge in [-0.3, -0.25) is 4.90 Å². The van der Waals surface area contributed by atoms with E-state index in [1.165, 1.54) is 11.8 Å². The second-order valence-corrected chi connectivity index (χ2v) is 7.62. The number of hydrogen-bond donors (Lipinski definition) is 1. The fourth-order valence-electron chi connectivity index (χ4n) is 3.21. The van der Waals surface area contributed by atoms with E-state index in [4.69, 9.17) is 0 Å². The maximum atomic E-state index is 13.5.